The van der Waals surface area contributed by atoms with E-state index in [1.165, 1.54) is 11.8 Å². The zero-order valence-electron chi connectivity index (χ0n) is 15.6. The first-order chi connectivity index (χ1) is 13.9. The highest BCUT2D eigenvalue weighted by molar-refractivity contribution is 7.98. The number of aromatic nitrogens is 4. The molecule has 5 nitrogen and oxygen atoms in total. The Bertz CT molecular complexity index is 1270. The Morgan fingerprint density at radius 2 is 1.83 bits per heavy atom. The van der Waals surface area contributed by atoms with Gasteiger partial charge in [-0.05, 0) is 44.2 Å². The van der Waals surface area contributed by atoms with Gasteiger partial charge >= 0.3 is 6.55 Å². The van der Waals surface area contributed by atoms with Gasteiger partial charge in [-0.3, -0.25) is 13.9 Å². The summed E-state index contributed by atoms with van der Waals surface area (Å²) in [5.74, 6) is 0.367. The Labute approximate surface area is 174 Å². The van der Waals surface area contributed by atoms with Crippen LogP contribution in [0.2, 0.25) is 5.02 Å². The van der Waals surface area contributed by atoms with E-state index in [0.29, 0.717) is 32.1 Å². The van der Waals surface area contributed by atoms with Crippen molar-refractivity contribution in [1.29, 1.82) is 0 Å². The third kappa shape index (κ3) is 3.62. The zero-order chi connectivity index (χ0) is 20.7. The van der Waals surface area contributed by atoms with Crippen LogP contribution in [0.15, 0.2) is 52.4 Å². The molecule has 0 aliphatic heterocycles. The van der Waals surface area contributed by atoms with Crippen LogP contribution in [0, 0.1) is 0 Å². The lowest BCUT2D eigenvalue weighted by molar-refractivity contribution is 0.0722. The maximum absolute atomic E-state index is 13.7. The summed E-state index contributed by atoms with van der Waals surface area (Å²) in [5.41, 5.74) is 1.16. The number of imidazole rings is 1. The van der Waals surface area contributed by atoms with Gasteiger partial charge in [0.25, 0.3) is 5.56 Å². The van der Waals surface area contributed by atoms with E-state index in [1.807, 2.05) is 13.8 Å². The number of benzene rings is 2. The molecule has 150 valence electrons. The van der Waals surface area contributed by atoms with E-state index in [2.05, 4.69) is 9.97 Å². The number of thioether (sulfide) groups is 1. The van der Waals surface area contributed by atoms with Gasteiger partial charge in [0, 0.05) is 11.1 Å². The fourth-order valence-corrected chi connectivity index (χ4v) is 4.48. The fraction of sp³-hybridized carbons (Fsp3) is 0.250. The van der Waals surface area contributed by atoms with Crippen molar-refractivity contribution in [3.05, 3.63) is 63.7 Å². The van der Waals surface area contributed by atoms with Gasteiger partial charge in [-0.15, -0.1) is 0 Å². The van der Waals surface area contributed by atoms with E-state index >= 15 is 0 Å². The second kappa shape index (κ2) is 7.76. The molecule has 0 atom stereocenters. The van der Waals surface area contributed by atoms with Crippen LogP contribution in [-0.4, -0.2) is 19.1 Å². The summed E-state index contributed by atoms with van der Waals surface area (Å²) >= 11 is 7.25. The molecule has 0 aliphatic carbocycles. The van der Waals surface area contributed by atoms with E-state index in [0.717, 1.165) is 4.57 Å². The third-order valence-corrected chi connectivity index (χ3v) is 5.73. The first kappa shape index (κ1) is 19.8. The molecule has 0 aliphatic rings. The molecule has 0 spiro atoms. The van der Waals surface area contributed by atoms with Crippen LogP contribution in [0.5, 0.6) is 0 Å². The smallest absolute Gasteiger partial charge is 0.285 e. The Morgan fingerprint density at radius 1 is 1.07 bits per heavy atom. The van der Waals surface area contributed by atoms with Crippen molar-refractivity contribution < 1.29 is 8.78 Å². The van der Waals surface area contributed by atoms with E-state index in [4.69, 9.17) is 11.6 Å². The molecule has 4 rings (SSSR count). The van der Waals surface area contributed by atoms with Crippen molar-refractivity contribution in [2.75, 3.05) is 0 Å². The van der Waals surface area contributed by atoms with Crippen molar-refractivity contribution in [2.24, 2.45) is 0 Å². The van der Waals surface area contributed by atoms with Crippen molar-refractivity contribution in [3.63, 3.8) is 0 Å². The second-order valence-electron chi connectivity index (χ2n) is 6.78. The summed E-state index contributed by atoms with van der Waals surface area (Å²) in [6, 6.07) is 11.5. The summed E-state index contributed by atoms with van der Waals surface area (Å²) in [7, 11) is 0. The lowest BCUT2D eigenvalue weighted by Crippen LogP contribution is -2.25. The third-order valence-electron chi connectivity index (χ3n) is 4.54. The van der Waals surface area contributed by atoms with Gasteiger partial charge in [-0.2, -0.15) is 8.78 Å². The topological polar surface area (TPSA) is 52.7 Å². The summed E-state index contributed by atoms with van der Waals surface area (Å²) in [4.78, 5) is 21.9. The largest absolute Gasteiger partial charge is 0.320 e. The quantitative estimate of drug-likeness (QED) is 0.300. The van der Waals surface area contributed by atoms with Crippen molar-refractivity contribution >= 4 is 45.3 Å². The number of fused-ring (bicyclic) bond motifs is 2. The highest BCUT2D eigenvalue weighted by Crippen LogP contribution is 2.29. The minimum absolute atomic E-state index is 0.143. The van der Waals surface area contributed by atoms with Gasteiger partial charge < -0.3 is 0 Å². The molecule has 9 heteroatoms. The molecular formula is C20H17ClF2N4OS. The summed E-state index contributed by atoms with van der Waals surface area (Å²) in [6.07, 6.45) is 0. The van der Waals surface area contributed by atoms with E-state index < -0.39 is 6.55 Å². The molecule has 0 amide bonds. The van der Waals surface area contributed by atoms with Crippen LogP contribution < -0.4 is 5.56 Å². The lowest BCUT2D eigenvalue weighted by Gasteiger charge is -2.16. The number of hydrogen-bond acceptors (Lipinski definition) is 4. The van der Waals surface area contributed by atoms with Crippen molar-refractivity contribution in [1.82, 2.24) is 19.1 Å². The minimum atomic E-state index is -2.71. The van der Waals surface area contributed by atoms with Gasteiger partial charge in [-0.1, -0.05) is 35.5 Å². The fourth-order valence-electron chi connectivity index (χ4n) is 3.25. The molecule has 0 bridgehead atoms. The first-order valence-electron chi connectivity index (χ1n) is 8.95. The highest BCUT2D eigenvalue weighted by Gasteiger charge is 2.20. The highest BCUT2D eigenvalue weighted by atomic mass is 35.5. The van der Waals surface area contributed by atoms with Crippen LogP contribution in [-0.2, 0) is 5.75 Å². The molecule has 0 unspecified atom stereocenters. The van der Waals surface area contributed by atoms with E-state index in [9.17, 15) is 13.6 Å². The molecule has 0 radical (unpaired) electrons. The van der Waals surface area contributed by atoms with Gasteiger partial charge in [0.15, 0.2) is 5.16 Å². The molecule has 0 saturated heterocycles. The first-order valence-corrected chi connectivity index (χ1v) is 10.3. The van der Waals surface area contributed by atoms with Gasteiger partial charge in [0.1, 0.15) is 5.82 Å². The average Bonchev–Trinajstić information content (AvgIpc) is 3.04. The van der Waals surface area contributed by atoms with Crippen LogP contribution in [0.4, 0.5) is 8.78 Å². The Morgan fingerprint density at radius 3 is 2.55 bits per heavy atom. The van der Waals surface area contributed by atoms with Crippen LogP contribution in [0.1, 0.15) is 32.3 Å². The molecule has 0 saturated carbocycles. The molecule has 2 aromatic carbocycles. The molecule has 29 heavy (non-hydrogen) atoms. The number of rotatable bonds is 5. The molecule has 2 heterocycles. The normalized spacial score (nSPS) is 12.0. The Balaban J connectivity index is 1.79. The van der Waals surface area contributed by atoms with Gasteiger partial charge in [0.05, 0.1) is 27.7 Å². The number of halogens is 3. The predicted molar refractivity (Wildman–Crippen MR) is 112 cm³/mol. The maximum atomic E-state index is 13.7. The van der Waals surface area contributed by atoms with Gasteiger partial charge in [-0.25, -0.2) is 9.97 Å². The van der Waals surface area contributed by atoms with E-state index in [1.54, 1.807) is 47.0 Å². The van der Waals surface area contributed by atoms with Crippen LogP contribution >= 0.6 is 23.4 Å². The zero-order valence-corrected chi connectivity index (χ0v) is 17.2. The Kier molecular flexibility index (Phi) is 5.31. The average molecular weight is 435 g/mol. The number of alkyl halides is 2. The second-order valence-corrected chi connectivity index (χ2v) is 8.16. The summed E-state index contributed by atoms with van der Waals surface area (Å²) in [5, 5.41) is 1.38. The van der Waals surface area contributed by atoms with E-state index in [-0.39, 0.29) is 23.2 Å². The van der Waals surface area contributed by atoms with Crippen molar-refractivity contribution in [3.8, 4) is 0 Å². The molecule has 0 N–H and O–H groups in total. The number of para-hydroxylation sites is 2. The molecule has 4 aromatic rings. The number of nitrogens with zero attached hydrogens (tertiary/aromatic N) is 4. The SMILES string of the molecule is CC(C)n1c(SCc2nc3ccccc3n2C(F)F)nc2cc(Cl)ccc2c1=O. The summed E-state index contributed by atoms with van der Waals surface area (Å²) in [6.45, 7) is 1.04. The maximum Gasteiger partial charge on any atom is 0.320 e. The predicted octanol–water partition coefficient (Wildman–Crippen LogP) is 5.67. The monoisotopic (exact) mass is 434 g/mol. The van der Waals surface area contributed by atoms with Crippen molar-refractivity contribution in [2.45, 2.75) is 37.3 Å². The minimum Gasteiger partial charge on any atom is -0.285 e. The van der Waals surface area contributed by atoms with Gasteiger partial charge in [0.2, 0.25) is 0 Å². The molecule has 2 aromatic heterocycles. The summed E-state index contributed by atoms with van der Waals surface area (Å²) < 4.78 is 29.8. The Hall–Kier alpha value is -2.45. The van der Waals surface area contributed by atoms with Crippen LogP contribution in [0.25, 0.3) is 21.9 Å². The number of hydrogen-bond donors (Lipinski definition) is 0. The molecule has 0 fully saturated rings. The molecular weight excluding hydrogens is 418 g/mol. The lowest BCUT2D eigenvalue weighted by atomic mass is 10.2. The van der Waals surface area contributed by atoms with Crippen LogP contribution in [0.3, 0.4) is 0 Å². The standard InChI is InChI=1S/C20H17ClF2N4OS/c1-11(2)26-18(28)13-8-7-12(21)9-15(13)25-20(26)29-10-17-24-14-5-3-4-6-16(14)27(17)19(22)23/h3-9,11,19H,10H2,1-2H3.